The predicted molar refractivity (Wildman–Crippen MR) is 85.8 cm³/mol. The molecule has 1 atom stereocenters. The lowest BCUT2D eigenvalue weighted by molar-refractivity contribution is -0.120. The van der Waals surface area contributed by atoms with Crippen LogP contribution in [0.25, 0.3) is 0 Å². The van der Waals surface area contributed by atoms with Crippen molar-refractivity contribution in [2.75, 3.05) is 20.1 Å². The molecular weight excluding hydrogens is 292 g/mol. The number of carbonyl (C=O) groups excluding carboxylic acids is 1. The highest BCUT2D eigenvalue weighted by Crippen LogP contribution is 2.26. The highest BCUT2D eigenvalue weighted by Gasteiger charge is 2.26. The van der Waals surface area contributed by atoms with Crippen molar-refractivity contribution in [1.29, 1.82) is 0 Å². The SMILES string of the molecule is CNC(=O)Cc1noc(C2CCCN(Cc3ccccc3)C2)n1. The molecule has 1 saturated heterocycles. The highest BCUT2D eigenvalue weighted by atomic mass is 16.5. The van der Waals surface area contributed by atoms with E-state index in [1.165, 1.54) is 5.56 Å². The van der Waals surface area contributed by atoms with Crippen molar-refractivity contribution >= 4 is 5.91 Å². The molecule has 1 aromatic heterocycles. The molecule has 0 radical (unpaired) electrons. The van der Waals surface area contributed by atoms with Gasteiger partial charge in [-0.05, 0) is 24.9 Å². The second-order valence-electron chi connectivity index (χ2n) is 5.96. The zero-order chi connectivity index (χ0) is 16.1. The Labute approximate surface area is 135 Å². The fourth-order valence-electron chi connectivity index (χ4n) is 2.98. The number of likely N-dealkylation sites (tertiary alicyclic amines) is 1. The lowest BCUT2D eigenvalue weighted by Crippen LogP contribution is -2.34. The molecule has 2 heterocycles. The van der Waals surface area contributed by atoms with Crippen LogP contribution in [0.15, 0.2) is 34.9 Å². The number of amides is 1. The van der Waals surface area contributed by atoms with Gasteiger partial charge in [0.1, 0.15) is 0 Å². The molecule has 1 aliphatic rings. The van der Waals surface area contributed by atoms with E-state index in [9.17, 15) is 4.79 Å². The second-order valence-corrected chi connectivity index (χ2v) is 5.96. The van der Waals surface area contributed by atoms with Crippen LogP contribution in [0, 0.1) is 0 Å². The van der Waals surface area contributed by atoms with Gasteiger partial charge in [-0.15, -0.1) is 0 Å². The van der Waals surface area contributed by atoms with Crippen LogP contribution in [0.4, 0.5) is 0 Å². The van der Waals surface area contributed by atoms with E-state index in [0.29, 0.717) is 11.7 Å². The molecule has 0 aliphatic carbocycles. The number of piperidine rings is 1. The Bertz CT molecular complexity index is 641. The number of nitrogens with zero attached hydrogens (tertiary/aromatic N) is 3. The molecule has 0 spiro atoms. The van der Waals surface area contributed by atoms with Crippen LogP contribution in [0.2, 0.25) is 0 Å². The Kier molecular flexibility index (Phi) is 5.02. The molecule has 1 aliphatic heterocycles. The van der Waals surface area contributed by atoms with Crippen molar-refractivity contribution < 1.29 is 9.32 Å². The summed E-state index contributed by atoms with van der Waals surface area (Å²) in [6, 6.07) is 10.5. The molecule has 1 amide bonds. The van der Waals surface area contributed by atoms with Crippen LogP contribution < -0.4 is 5.32 Å². The minimum Gasteiger partial charge on any atom is -0.359 e. The third-order valence-corrected chi connectivity index (χ3v) is 4.19. The van der Waals surface area contributed by atoms with Gasteiger partial charge in [-0.1, -0.05) is 35.5 Å². The van der Waals surface area contributed by atoms with Crippen molar-refractivity contribution in [3.05, 3.63) is 47.6 Å². The molecule has 0 bridgehead atoms. The predicted octanol–water partition coefficient (Wildman–Crippen LogP) is 1.74. The first kappa shape index (κ1) is 15.7. The molecule has 3 rings (SSSR count). The normalized spacial score (nSPS) is 18.7. The van der Waals surface area contributed by atoms with Gasteiger partial charge in [-0.25, -0.2) is 0 Å². The van der Waals surface area contributed by atoms with Gasteiger partial charge in [0.25, 0.3) is 0 Å². The first-order valence-electron chi connectivity index (χ1n) is 8.04. The number of nitrogens with one attached hydrogen (secondary N) is 1. The number of aromatic nitrogens is 2. The molecule has 2 aromatic rings. The molecular formula is C17H22N4O2. The van der Waals surface area contributed by atoms with Gasteiger partial charge in [-0.2, -0.15) is 4.98 Å². The topological polar surface area (TPSA) is 71.3 Å². The zero-order valence-corrected chi connectivity index (χ0v) is 13.4. The number of carbonyl (C=O) groups is 1. The summed E-state index contributed by atoms with van der Waals surface area (Å²) >= 11 is 0. The third kappa shape index (κ3) is 4.16. The quantitative estimate of drug-likeness (QED) is 0.910. The smallest absolute Gasteiger partial charge is 0.231 e. The maximum atomic E-state index is 11.4. The summed E-state index contributed by atoms with van der Waals surface area (Å²) in [6.45, 7) is 2.94. The average Bonchev–Trinajstić information content (AvgIpc) is 3.04. The van der Waals surface area contributed by atoms with Crippen molar-refractivity contribution in [3.63, 3.8) is 0 Å². The summed E-state index contributed by atoms with van der Waals surface area (Å²) in [7, 11) is 1.60. The van der Waals surface area contributed by atoms with Crippen LogP contribution in [-0.4, -0.2) is 41.1 Å². The number of rotatable bonds is 5. The lowest BCUT2D eigenvalue weighted by atomic mass is 9.97. The fraction of sp³-hybridized carbons (Fsp3) is 0.471. The monoisotopic (exact) mass is 314 g/mol. The van der Waals surface area contributed by atoms with E-state index in [-0.39, 0.29) is 18.2 Å². The Balaban J connectivity index is 1.61. The average molecular weight is 314 g/mol. The zero-order valence-electron chi connectivity index (χ0n) is 13.4. The molecule has 122 valence electrons. The maximum Gasteiger partial charge on any atom is 0.231 e. The standard InChI is InChI=1S/C17H22N4O2/c1-18-16(22)10-15-19-17(23-20-15)14-8-5-9-21(12-14)11-13-6-3-2-4-7-13/h2-4,6-7,14H,5,8-12H2,1H3,(H,18,22). The number of hydrogen-bond acceptors (Lipinski definition) is 5. The molecule has 6 nitrogen and oxygen atoms in total. The summed E-state index contributed by atoms with van der Waals surface area (Å²) in [5.41, 5.74) is 1.32. The minimum atomic E-state index is -0.105. The number of hydrogen-bond donors (Lipinski definition) is 1. The van der Waals surface area contributed by atoms with E-state index in [1.807, 2.05) is 6.07 Å². The van der Waals surface area contributed by atoms with Crippen LogP contribution >= 0.6 is 0 Å². The van der Waals surface area contributed by atoms with E-state index in [2.05, 4.69) is 44.6 Å². The molecule has 1 aromatic carbocycles. The van der Waals surface area contributed by atoms with Gasteiger partial charge in [0, 0.05) is 20.1 Å². The first-order valence-corrected chi connectivity index (χ1v) is 8.04. The van der Waals surface area contributed by atoms with Crippen LogP contribution in [0.3, 0.4) is 0 Å². The molecule has 0 saturated carbocycles. The summed E-state index contributed by atoms with van der Waals surface area (Å²) in [6.07, 6.45) is 2.33. The Hall–Kier alpha value is -2.21. The van der Waals surface area contributed by atoms with E-state index < -0.39 is 0 Å². The highest BCUT2D eigenvalue weighted by molar-refractivity contribution is 5.77. The van der Waals surface area contributed by atoms with Crippen molar-refractivity contribution in [1.82, 2.24) is 20.4 Å². The van der Waals surface area contributed by atoms with E-state index in [0.717, 1.165) is 32.5 Å². The Morgan fingerprint density at radius 2 is 2.22 bits per heavy atom. The fourth-order valence-corrected chi connectivity index (χ4v) is 2.98. The number of likely N-dealkylation sites (N-methyl/N-ethyl adjacent to an activating group) is 1. The Morgan fingerprint density at radius 1 is 1.39 bits per heavy atom. The van der Waals surface area contributed by atoms with Gasteiger partial charge in [-0.3, -0.25) is 9.69 Å². The van der Waals surface area contributed by atoms with Gasteiger partial charge < -0.3 is 9.84 Å². The number of benzene rings is 1. The van der Waals surface area contributed by atoms with Gasteiger partial charge >= 0.3 is 0 Å². The van der Waals surface area contributed by atoms with Crippen molar-refractivity contribution in [3.8, 4) is 0 Å². The van der Waals surface area contributed by atoms with Gasteiger partial charge in [0.05, 0.1) is 12.3 Å². The Morgan fingerprint density at radius 3 is 3.00 bits per heavy atom. The van der Waals surface area contributed by atoms with Crippen molar-refractivity contribution in [2.24, 2.45) is 0 Å². The lowest BCUT2D eigenvalue weighted by Gasteiger charge is -2.30. The first-order chi connectivity index (χ1) is 11.2. The minimum absolute atomic E-state index is 0.105. The molecule has 1 N–H and O–H groups in total. The summed E-state index contributed by atoms with van der Waals surface area (Å²) in [4.78, 5) is 18.2. The summed E-state index contributed by atoms with van der Waals surface area (Å²) in [5.74, 6) is 1.26. The van der Waals surface area contributed by atoms with Crippen LogP contribution in [0.5, 0.6) is 0 Å². The second kappa shape index (κ2) is 7.37. The van der Waals surface area contributed by atoms with E-state index in [4.69, 9.17) is 4.52 Å². The summed E-state index contributed by atoms with van der Waals surface area (Å²) in [5, 5.41) is 6.49. The van der Waals surface area contributed by atoms with Gasteiger partial charge in [0.2, 0.25) is 11.8 Å². The maximum absolute atomic E-state index is 11.4. The molecule has 1 fully saturated rings. The molecule has 23 heavy (non-hydrogen) atoms. The molecule has 6 heteroatoms. The van der Waals surface area contributed by atoms with Crippen LogP contribution in [0.1, 0.15) is 36.0 Å². The third-order valence-electron chi connectivity index (χ3n) is 4.19. The molecule has 1 unspecified atom stereocenters. The summed E-state index contributed by atoms with van der Waals surface area (Å²) < 4.78 is 5.38. The van der Waals surface area contributed by atoms with Crippen LogP contribution in [-0.2, 0) is 17.8 Å². The largest absolute Gasteiger partial charge is 0.359 e. The van der Waals surface area contributed by atoms with E-state index in [1.54, 1.807) is 7.05 Å². The van der Waals surface area contributed by atoms with Crippen molar-refractivity contribution in [2.45, 2.75) is 31.7 Å². The van der Waals surface area contributed by atoms with Gasteiger partial charge in [0.15, 0.2) is 5.82 Å². The van der Waals surface area contributed by atoms with E-state index >= 15 is 0 Å².